The van der Waals surface area contributed by atoms with E-state index in [9.17, 15) is 9.18 Å². The second kappa shape index (κ2) is 5.61. The predicted octanol–water partition coefficient (Wildman–Crippen LogP) is 2.11. The third kappa shape index (κ3) is 3.03. The van der Waals surface area contributed by atoms with Crippen molar-refractivity contribution >= 4 is 5.78 Å². The highest BCUT2D eigenvalue weighted by Crippen LogP contribution is 2.23. The molecule has 0 aliphatic carbocycles. The van der Waals surface area contributed by atoms with Crippen LogP contribution in [0, 0.1) is 5.82 Å². The van der Waals surface area contributed by atoms with Crippen molar-refractivity contribution in [2.45, 2.75) is 20.0 Å². The zero-order valence-corrected chi connectivity index (χ0v) is 9.67. The largest absolute Gasteiger partial charge is 0.494 e. The standard InChI is InChI=1S/C12H15FO3/c1-8(14)4-9-5-11(13)12(16-3)6-10(9)7-15-2/h5-6H,4,7H2,1-3H3. The molecule has 0 aromatic heterocycles. The first-order valence-electron chi connectivity index (χ1n) is 4.92. The number of methoxy groups -OCH3 is 2. The second-order valence-electron chi connectivity index (χ2n) is 3.57. The van der Waals surface area contributed by atoms with Gasteiger partial charge in [-0.2, -0.15) is 0 Å². The summed E-state index contributed by atoms with van der Waals surface area (Å²) in [5.41, 5.74) is 1.42. The van der Waals surface area contributed by atoms with Gasteiger partial charge in [0.2, 0.25) is 0 Å². The zero-order valence-electron chi connectivity index (χ0n) is 9.67. The lowest BCUT2D eigenvalue weighted by molar-refractivity contribution is -0.116. The normalized spacial score (nSPS) is 10.2. The van der Waals surface area contributed by atoms with Crippen LogP contribution in [0.15, 0.2) is 12.1 Å². The second-order valence-corrected chi connectivity index (χ2v) is 3.57. The van der Waals surface area contributed by atoms with Gasteiger partial charge in [0, 0.05) is 13.5 Å². The molecule has 0 fully saturated rings. The molecule has 4 heteroatoms. The van der Waals surface area contributed by atoms with Crippen LogP contribution in [0.4, 0.5) is 4.39 Å². The van der Waals surface area contributed by atoms with Gasteiger partial charge in [0.25, 0.3) is 0 Å². The van der Waals surface area contributed by atoms with E-state index in [2.05, 4.69) is 0 Å². The molecule has 16 heavy (non-hydrogen) atoms. The van der Waals surface area contributed by atoms with E-state index in [-0.39, 0.29) is 18.0 Å². The van der Waals surface area contributed by atoms with Gasteiger partial charge < -0.3 is 9.47 Å². The Hall–Kier alpha value is -1.42. The Labute approximate surface area is 94.2 Å². The minimum atomic E-state index is -0.460. The van der Waals surface area contributed by atoms with E-state index in [1.165, 1.54) is 20.1 Å². The van der Waals surface area contributed by atoms with E-state index in [4.69, 9.17) is 9.47 Å². The number of halogens is 1. The van der Waals surface area contributed by atoms with Crippen LogP contribution in [0.2, 0.25) is 0 Å². The van der Waals surface area contributed by atoms with Crippen LogP contribution in [-0.4, -0.2) is 20.0 Å². The molecule has 0 atom stereocenters. The van der Waals surface area contributed by atoms with Crippen molar-refractivity contribution in [1.82, 2.24) is 0 Å². The molecule has 0 unspecified atom stereocenters. The summed E-state index contributed by atoms with van der Waals surface area (Å²) >= 11 is 0. The SMILES string of the molecule is COCc1cc(OC)c(F)cc1CC(C)=O. The van der Waals surface area contributed by atoms with Crippen molar-refractivity contribution in [2.75, 3.05) is 14.2 Å². The van der Waals surface area contributed by atoms with E-state index >= 15 is 0 Å². The summed E-state index contributed by atoms with van der Waals surface area (Å²) in [6, 6.07) is 2.89. The summed E-state index contributed by atoms with van der Waals surface area (Å²) in [5.74, 6) is -0.306. The number of hydrogen-bond acceptors (Lipinski definition) is 3. The maximum Gasteiger partial charge on any atom is 0.165 e. The van der Waals surface area contributed by atoms with Gasteiger partial charge >= 0.3 is 0 Å². The molecule has 88 valence electrons. The van der Waals surface area contributed by atoms with Crippen molar-refractivity contribution in [3.05, 3.63) is 29.1 Å². The topological polar surface area (TPSA) is 35.5 Å². The maximum atomic E-state index is 13.4. The van der Waals surface area contributed by atoms with Crippen LogP contribution >= 0.6 is 0 Å². The average molecular weight is 226 g/mol. The maximum absolute atomic E-state index is 13.4. The van der Waals surface area contributed by atoms with E-state index in [0.29, 0.717) is 12.2 Å². The summed E-state index contributed by atoms with van der Waals surface area (Å²) < 4.78 is 23.3. The fraction of sp³-hybridized carbons (Fsp3) is 0.417. The first kappa shape index (κ1) is 12.6. The van der Waals surface area contributed by atoms with Crippen LogP contribution in [0.1, 0.15) is 18.1 Å². The van der Waals surface area contributed by atoms with Gasteiger partial charge in [0.05, 0.1) is 13.7 Å². The quantitative estimate of drug-likeness (QED) is 0.771. The Kier molecular flexibility index (Phi) is 4.43. The molecule has 1 aromatic rings. The van der Waals surface area contributed by atoms with E-state index in [1.807, 2.05) is 0 Å². The van der Waals surface area contributed by atoms with Gasteiger partial charge in [-0.25, -0.2) is 4.39 Å². The lowest BCUT2D eigenvalue weighted by atomic mass is 10.0. The Bertz CT molecular complexity index is 388. The molecule has 0 heterocycles. The summed E-state index contributed by atoms with van der Waals surface area (Å²) in [6.07, 6.45) is 0.208. The molecular weight excluding hydrogens is 211 g/mol. The molecule has 0 bridgehead atoms. The number of benzene rings is 1. The third-order valence-corrected chi connectivity index (χ3v) is 2.21. The van der Waals surface area contributed by atoms with Crippen LogP contribution in [0.25, 0.3) is 0 Å². The summed E-state index contributed by atoms with van der Waals surface area (Å²) in [6.45, 7) is 1.80. The van der Waals surface area contributed by atoms with Crippen molar-refractivity contribution in [3.63, 3.8) is 0 Å². The molecule has 0 radical (unpaired) electrons. The van der Waals surface area contributed by atoms with Gasteiger partial charge in [-0.15, -0.1) is 0 Å². The lowest BCUT2D eigenvalue weighted by Gasteiger charge is -2.10. The van der Waals surface area contributed by atoms with Crippen molar-refractivity contribution < 1.29 is 18.7 Å². The molecule has 0 N–H and O–H groups in total. The van der Waals surface area contributed by atoms with Gasteiger partial charge in [-0.3, -0.25) is 4.79 Å². The first-order valence-corrected chi connectivity index (χ1v) is 4.92. The molecule has 0 saturated carbocycles. The van der Waals surface area contributed by atoms with Crippen LogP contribution in [0.5, 0.6) is 5.75 Å². The molecule has 0 saturated heterocycles. The van der Waals surface area contributed by atoms with Crippen LogP contribution in [-0.2, 0) is 22.6 Å². The molecular formula is C12H15FO3. The van der Waals surface area contributed by atoms with Crippen LogP contribution < -0.4 is 4.74 Å². The van der Waals surface area contributed by atoms with Gasteiger partial charge in [0.1, 0.15) is 5.78 Å². The first-order chi connectivity index (χ1) is 7.58. The molecule has 0 spiro atoms. The summed E-state index contributed by atoms with van der Waals surface area (Å²) in [5, 5.41) is 0. The van der Waals surface area contributed by atoms with E-state index < -0.39 is 5.82 Å². The fourth-order valence-corrected chi connectivity index (χ4v) is 1.52. The van der Waals surface area contributed by atoms with Gasteiger partial charge in [-0.05, 0) is 30.2 Å². The molecule has 0 amide bonds. The number of carbonyl (C=O) groups is 1. The Morgan fingerprint density at radius 3 is 2.50 bits per heavy atom. The number of ketones is 1. The number of rotatable bonds is 5. The number of carbonyl (C=O) groups excluding carboxylic acids is 1. The smallest absolute Gasteiger partial charge is 0.165 e. The molecule has 0 aliphatic rings. The van der Waals surface area contributed by atoms with Crippen molar-refractivity contribution in [1.29, 1.82) is 0 Å². The molecule has 3 nitrogen and oxygen atoms in total. The monoisotopic (exact) mass is 226 g/mol. The number of ether oxygens (including phenoxy) is 2. The van der Waals surface area contributed by atoms with Gasteiger partial charge in [-0.1, -0.05) is 0 Å². The fourth-order valence-electron chi connectivity index (χ4n) is 1.52. The van der Waals surface area contributed by atoms with Crippen molar-refractivity contribution in [2.24, 2.45) is 0 Å². The summed E-state index contributed by atoms with van der Waals surface area (Å²) in [4.78, 5) is 11.0. The van der Waals surface area contributed by atoms with Crippen molar-refractivity contribution in [3.8, 4) is 5.75 Å². The number of Topliss-reactive ketones (excluding diaryl/α,β-unsaturated/α-hetero) is 1. The molecule has 0 aliphatic heterocycles. The molecule has 1 rings (SSSR count). The number of hydrogen-bond donors (Lipinski definition) is 0. The zero-order chi connectivity index (χ0) is 12.1. The molecule has 1 aromatic carbocycles. The van der Waals surface area contributed by atoms with Gasteiger partial charge in [0.15, 0.2) is 11.6 Å². The highest BCUT2D eigenvalue weighted by molar-refractivity contribution is 5.78. The Morgan fingerprint density at radius 1 is 1.31 bits per heavy atom. The Morgan fingerprint density at radius 2 is 2.00 bits per heavy atom. The third-order valence-electron chi connectivity index (χ3n) is 2.21. The summed E-state index contributed by atoms with van der Waals surface area (Å²) in [7, 11) is 2.95. The van der Waals surface area contributed by atoms with Crippen LogP contribution in [0.3, 0.4) is 0 Å². The Balaban J connectivity index is 3.13. The minimum Gasteiger partial charge on any atom is -0.494 e. The van der Waals surface area contributed by atoms with E-state index in [0.717, 1.165) is 5.56 Å². The highest BCUT2D eigenvalue weighted by atomic mass is 19.1. The highest BCUT2D eigenvalue weighted by Gasteiger charge is 2.11. The predicted molar refractivity (Wildman–Crippen MR) is 58.1 cm³/mol. The lowest BCUT2D eigenvalue weighted by Crippen LogP contribution is -2.04. The average Bonchev–Trinajstić information content (AvgIpc) is 2.21. The minimum absolute atomic E-state index is 0.0121. The van der Waals surface area contributed by atoms with E-state index in [1.54, 1.807) is 13.2 Å².